The number of hydrogen-bond donors (Lipinski definition) is 2. The van der Waals surface area contributed by atoms with E-state index >= 15 is 0 Å². The van der Waals surface area contributed by atoms with Gasteiger partial charge in [-0.25, -0.2) is 8.42 Å². The van der Waals surface area contributed by atoms with Crippen LogP contribution < -0.4 is 10.9 Å². The first-order valence-electron chi connectivity index (χ1n) is 5.82. The summed E-state index contributed by atoms with van der Waals surface area (Å²) < 4.78 is 25.9. The number of sulfonamides is 1. The van der Waals surface area contributed by atoms with E-state index in [0.29, 0.717) is 0 Å². The van der Waals surface area contributed by atoms with E-state index in [2.05, 4.69) is 10.3 Å². The zero-order valence-electron chi connectivity index (χ0n) is 11.1. The number of aromatic amines is 1. The van der Waals surface area contributed by atoms with Crippen molar-refractivity contribution in [3.05, 3.63) is 27.6 Å². The second-order valence-corrected chi connectivity index (χ2v) is 7.23. The summed E-state index contributed by atoms with van der Waals surface area (Å²) in [6, 6.07) is 0.975. The number of carbonyl (C=O) groups is 2. The van der Waals surface area contributed by atoms with Gasteiger partial charge in [0.05, 0.1) is 6.54 Å². The Morgan fingerprint density at radius 2 is 1.90 bits per heavy atom. The Morgan fingerprint density at radius 1 is 1.29 bits per heavy atom. The predicted molar refractivity (Wildman–Crippen MR) is 73.2 cm³/mol. The maximum absolute atomic E-state index is 12.6. The van der Waals surface area contributed by atoms with Gasteiger partial charge in [-0.1, -0.05) is 11.6 Å². The van der Waals surface area contributed by atoms with E-state index in [1.165, 1.54) is 13.8 Å². The van der Waals surface area contributed by atoms with Crippen molar-refractivity contribution in [2.24, 2.45) is 0 Å². The summed E-state index contributed by atoms with van der Waals surface area (Å²) in [5, 5.41) is 1.77. The summed E-state index contributed by atoms with van der Waals surface area (Å²) in [4.78, 5) is 36.3. The third-order valence-electron chi connectivity index (χ3n) is 3.14. The van der Waals surface area contributed by atoms with Gasteiger partial charge in [-0.15, -0.1) is 0 Å². The molecule has 1 aliphatic heterocycles. The van der Waals surface area contributed by atoms with E-state index in [0.717, 1.165) is 16.6 Å². The summed E-state index contributed by atoms with van der Waals surface area (Å²) in [6.07, 6.45) is 0.969. The fourth-order valence-electron chi connectivity index (χ4n) is 1.86. The lowest BCUT2D eigenvalue weighted by Gasteiger charge is -2.38. The number of H-pyrrole nitrogens is 1. The molecule has 2 N–H and O–H groups in total. The molecule has 2 rings (SSSR count). The second kappa shape index (κ2) is 4.93. The molecule has 0 saturated carbocycles. The van der Waals surface area contributed by atoms with Crippen molar-refractivity contribution in [1.29, 1.82) is 0 Å². The Hall–Kier alpha value is -1.71. The zero-order chi connectivity index (χ0) is 16.0. The number of rotatable bonds is 2. The molecule has 0 radical (unpaired) electrons. The topological polar surface area (TPSA) is 116 Å². The molecule has 8 nitrogen and oxygen atoms in total. The van der Waals surface area contributed by atoms with Crippen LogP contribution in [0.15, 0.2) is 22.0 Å². The van der Waals surface area contributed by atoms with Crippen molar-refractivity contribution >= 4 is 33.4 Å². The lowest BCUT2D eigenvalue weighted by molar-refractivity contribution is -0.141. The monoisotopic (exact) mass is 333 g/mol. The van der Waals surface area contributed by atoms with E-state index in [-0.39, 0.29) is 9.92 Å². The van der Waals surface area contributed by atoms with E-state index in [4.69, 9.17) is 11.6 Å². The fraction of sp³-hybridized carbons (Fsp3) is 0.364. The number of hydrogen-bond acceptors (Lipinski definition) is 5. The molecule has 0 aromatic carbocycles. The molecule has 2 heterocycles. The highest BCUT2D eigenvalue weighted by Gasteiger charge is 2.47. The summed E-state index contributed by atoms with van der Waals surface area (Å²) >= 11 is 5.61. The molecule has 0 aliphatic carbocycles. The minimum Gasteiger partial charge on any atom is -0.326 e. The Kier molecular flexibility index (Phi) is 3.68. The van der Waals surface area contributed by atoms with Crippen LogP contribution >= 0.6 is 11.6 Å². The van der Waals surface area contributed by atoms with Crippen LogP contribution in [0.25, 0.3) is 0 Å². The molecular weight excluding hydrogens is 322 g/mol. The Balaban J connectivity index is 2.56. The van der Waals surface area contributed by atoms with Crippen molar-refractivity contribution in [1.82, 2.24) is 14.6 Å². The lowest BCUT2D eigenvalue weighted by Crippen LogP contribution is -2.65. The fourth-order valence-corrected chi connectivity index (χ4v) is 3.80. The molecule has 21 heavy (non-hydrogen) atoms. The molecule has 2 amide bonds. The highest BCUT2D eigenvalue weighted by molar-refractivity contribution is 7.89. The molecule has 1 saturated heterocycles. The zero-order valence-corrected chi connectivity index (χ0v) is 12.7. The third kappa shape index (κ3) is 2.59. The number of carbonyl (C=O) groups excluding carboxylic acids is 2. The van der Waals surface area contributed by atoms with Crippen LogP contribution in [0.3, 0.4) is 0 Å². The minimum atomic E-state index is -4.18. The molecule has 1 aromatic rings. The number of aromatic nitrogens is 1. The van der Waals surface area contributed by atoms with Crippen LogP contribution in [0.2, 0.25) is 5.02 Å². The van der Waals surface area contributed by atoms with Crippen molar-refractivity contribution in [2.45, 2.75) is 24.3 Å². The van der Waals surface area contributed by atoms with Crippen molar-refractivity contribution < 1.29 is 18.0 Å². The number of piperazine rings is 1. The van der Waals surface area contributed by atoms with Crippen molar-refractivity contribution in [3.63, 3.8) is 0 Å². The maximum atomic E-state index is 12.6. The van der Waals surface area contributed by atoms with E-state index in [9.17, 15) is 22.8 Å². The minimum absolute atomic E-state index is 0.303. The summed E-state index contributed by atoms with van der Waals surface area (Å²) in [6.45, 7) is 2.25. The van der Waals surface area contributed by atoms with E-state index in [1.807, 2.05) is 0 Å². The molecular formula is C11H12ClN3O5S. The number of pyridine rings is 1. The first-order valence-corrected chi connectivity index (χ1v) is 7.64. The van der Waals surface area contributed by atoms with E-state index in [1.54, 1.807) is 0 Å². The van der Waals surface area contributed by atoms with Crippen molar-refractivity contribution in [2.75, 3.05) is 6.54 Å². The van der Waals surface area contributed by atoms with Gasteiger partial charge >= 0.3 is 0 Å². The summed E-state index contributed by atoms with van der Waals surface area (Å²) in [5.41, 5.74) is -2.09. The van der Waals surface area contributed by atoms with Gasteiger partial charge in [0.15, 0.2) is 0 Å². The molecule has 0 bridgehead atoms. The van der Waals surface area contributed by atoms with Gasteiger partial charge in [-0.2, -0.15) is 4.31 Å². The van der Waals surface area contributed by atoms with Crippen LogP contribution in [-0.4, -0.2) is 41.6 Å². The first kappa shape index (κ1) is 15.7. The SMILES string of the molecule is CC1(C)C(=O)NC(=O)CN1S(=O)(=O)c1c[nH]c(=O)c(Cl)c1. The molecule has 1 aromatic heterocycles. The standard InChI is InChI=1S/C11H12ClN3O5S/c1-11(2)10(18)14-8(16)5-15(11)21(19,20)6-3-7(12)9(17)13-4-6/h3-4H,5H2,1-2H3,(H,13,17)(H,14,16,18). The molecule has 10 heteroatoms. The highest BCUT2D eigenvalue weighted by Crippen LogP contribution is 2.27. The maximum Gasteiger partial charge on any atom is 0.266 e. The van der Waals surface area contributed by atoms with E-state index < -0.39 is 39.5 Å². The molecule has 1 fully saturated rings. The smallest absolute Gasteiger partial charge is 0.266 e. The lowest BCUT2D eigenvalue weighted by atomic mass is 10.0. The molecule has 0 spiro atoms. The van der Waals surface area contributed by atoms with Gasteiger partial charge in [-0.3, -0.25) is 19.7 Å². The molecule has 0 unspecified atom stereocenters. The summed E-state index contributed by atoms with van der Waals surface area (Å²) in [5.74, 6) is -1.45. The van der Waals surface area contributed by atoms with Gasteiger partial charge in [-0.05, 0) is 19.9 Å². The molecule has 0 atom stereocenters. The van der Waals surface area contributed by atoms with Crippen LogP contribution in [0.1, 0.15) is 13.8 Å². The van der Waals surface area contributed by atoms with Crippen molar-refractivity contribution in [3.8, 4) is 0 Å². The summed E-state index contributed by atoms with van der Waals surface area (Å²) in [7, 11) is -4.18. The normalized spacial score (nSPS) is 19.4. The number of imide groups is 1. The average molecular weight is 334 g/mol. The van der Waals surface area contributed by atoms with Gasteiger partial charge in [0.2, 0.25) is 21.8 Å². The second-order valence-electron chi connectivity index (χ2n) is 4.96. The predicted octanol–water partition coefficient (Wildman–Crippen LogP) is -0.546. The number of nitrogens with one attached hydrogen (secondary N) is 2. The Bertz CT molecular complexity index is 783. The quantitative estimate of drug-likeness (QED) is 0.705. The largest absolute Gasteiger partial charge is 0.326 e. The average Bonchev–Trinajstić information content (AvgIpc) is 2.37. The van der Waals surface area contributed by atoms with Gasteiger partial charge in [0.1, 0.15) is 15.5 Å². The van der Waals surface area contributed by atoms with Crippen LogP contribution in [-0.2, 0) is 19.6 Å². The number of nitrogens with zero attached hydrogens (tertiary/aromatic N) is 1. The number of amides is 2. The van der Waals surface area contributed by atoms with Gasteiger partial charge in [0.25, 0.3) is 5.56 Å². The third-order valence-corrected chi connectivity index (χ3v) is 5.42. The van der Waals surface area contributed by atoms with Crippen LogP contribution in [0.4, 0.5) is 0 Å². The molecule has 1 aliphatic rings. The van der Waals surface area contributed by atoms with Gasteiger partial charge in [0, 0.05) is 6.20 Å². The van der Waals surface area contributed by atoms with Crippen LogP contribution in [0, 0.1) is 0 Å². The number of halogens is 1. The Labute approximate surface area is 125 Å². The first-order chi connectivity index (χ1) is 9.56. The Morgan fingerprint density at radius 3 is 2.48 bits per heavy atom. The molecule has 114 valence electrons. The van der Waals surface area contributed by atoms with Crippen LogP contribution in [0.5, 0.6) is 0 Å². The highest BCUT2D eigenvalue weighted by atomic mass is 35.5. The van der Waals surface area contributed by atoms with Gasteiger partial charge < -0.3 is 4.98 Å².